The maximum atomic E-state index is 12.5. The first-order chi connectivity index (χ1) is 12.9. The maximum Gasteiger partial charge on any atom is 0.229 e. The molecule has 2 atom stereocenters. The highest BCUT2D eigenvalue weighted by molar-refractivity contribution is 5.98. The van der Waals surface area contributed by atoms with E-state index in [-0.39, 0.29) is 17.2 Å². The summed E-state index contributed by atoms with van der Waals surface area (Å²) < 4.78 is 0. The molecule has 1 aliphatic carbocycles. The number of nitrogens with two attached hydrogens (primary N) is 1. The van der Waals surface area contributed by atoms with Crippen LogP contribution in [0.25, 0.3) is 22.0 Å². The normalized spacial score (nSPS) is 21.2. The van der Waals surface area contributed by atoms with Gasteiger partial charge in [0.25, 0.3) is 0 Å². The first-order valence-electron chi connectivity index (χ1n) is 9.34. The van der Waals surface area contributed by atoms with Crippen LogP contribution in [-0.4, -0.2) is 15.9 Å². The van der Waals surface area contributed by atoms with E-state index in [0.717, 1.165) is 40.4 Å². The fourth-order valence-electron chi connectivity index (χ4n) is 3.66. The van der Waals surface area contributed by atoms with Gasteiger partial charge in [0, 0.05) is 23.1 Å². The summed E-state index contributed by atoms with van der Waals surface area (Å²) in [6.45, 7) is 6.34. The van der Waals surface area contributed by atoms with Gasteiger partial charge in [0.05, 0.1) is 5.69 Å². The van der Waals surface area contributed by atoms with Gasteiger partial charge < -0.3 is 11.1 Å². The number of carbonyl (C=O) groups is 1. The summed E-state index contributed by atoms with van der Waals surface area (Å²) in [6.07, 6.45) is 3.64. The van der Waals surface area contributed by atoms with Crippen LogP contribution >= 0.6 is 0 Å². The molecule has 0 radical (unpaired) electrons. The van der Waals surface area contributed by atoms with Gasteiger partial charge in [-0.15, -0.1) is 0 Å². The van der Waals surface area contributed by atoms with E-state index >= 15 is 0 Å². The molecular weight excluding hydrogens is 336 g/mol. The molecule has 0 unspecified atom stereocenters. The van der Waals surface area contributed by atoms with Crippen LogP contribution < -0.4 is 11.1 Å². The summed E-state index contributed by atoms with van der Waals surface area (Å²) >= 11 is 0. The first kappa shape index (κ1) is 17.5. The molecular formula is C22H24N4O. The summed E-state index contributed by atoms with van der Waals surface area (Å²) in [7, 11) is 0. The molecule has 2 heterocycles. The molecule has 27 heavy (non-hydrogen) atoms. The number of rotatable bonds is 4. The van der Waals surface area contributed by atoms with Gasteiger partial charge in [-0.1, -0.05) is 38.1 Å². The Hall–Kier alpha value is -2.95. The molecule has 3 aromatic rings. The van der Waals surface area contributed by atoms with Gasteiger partial charge in [-0.05, 0) is 48.3 Å². The van der Waals surface area contributed by atoms with Crippen LogP contribution in [-0.2, 0) is 4.79 Å². The van der Waals surface area contributed by atoms with Crippen LogP contribution in [0.5, 0.6) is 0 Å². The van der Waals surface area contributed by atoms with Gasteiger partial charge in [-0.3, -0.25) is 4.79 Å². The van der Waals surface area contributed by atoms with Crippen LogP contribution in [0, 0.1) is 18.3 Å². The molecule has 1 aliphatic rings. The lowest BCUT2D eigenvalue weighted by Crippen LogP contribution is -2.18. The zero-order chi connectivity index (χ0) is 19.2. The van der Waals surface area contributed by atoms with Crippen molar-refractivity contribution in [1.29, 1.82) is 0 Å². The van der Waals surface area contributed by atoms with Gasteiger partial charge in [-0.2, -0.15) is 0 Å². The van der Waals surface area contributed by atoms with Crippen molar-refractivity contribution < 1.29 is 4.79 Å². The standard InChI is InChI=1S/C22H24N4O/c1-4-22(3)11-17(22)21(27)26-19-10-14-9-18(15-8-6-5-7-13(15)2)25-20(23)16(14)12-24-19/h5-10,12,17H,4,11H2,1-3H3,(H2,23,25)(H,24,26,27)/t17-,22+/m0/s1. The lowest BCUT2D eigenvalue weighted by atomic mass is 10.0. The van der Waals surface area contributed by atoms with Gasteiger partial charge in [0.2, 0.25) is 5.91 Å². The number of anilines is 2. The van der Waals surface area contributed by atoms with Crippen molar-refractivity contribution in [2.45, 2.75) is 33.6 Å². The average Bonchev–Trinajstić information content (AvgIpc) is 3.34. The molecule has 0 bridgehead atoms. The first-order valence-corrected chi connectivity index (χ1v) is 9.34. The number of benzene rings is 1. The summed E-state index contributed by atoms with van der Waals surface area (Å²) in [4.78, 5) is 21.4. The Morgan fingerprint density at radius 1 is 1.33 bits per heavy atom. The van der Waals surface area contributed by atoms with E-state index < -0.39 is 0 Å². The second-order valence-corrected chi connectivity index (χ2v) is 7.75. The smallest absolute Gasteiger partial charge is 0.229 e. The van der Waals surface area contributed by atoms with Crippen molar-refractivity contribution in [3.05, 3.63) is 48.2 Å². The average molecular weight is 360 g/mol. The molecule has 1 aromatic carbocycles. The van der Waals surface area contributed by atoms with Gasteiger partial charge in [-0.25, -0.2) is 9.97 Å². The topological polar surface area (TPSA) is 80.9 Å². The Balaban J connectivity index is 1.67. The number of nitrogen functional groups attached to an aromatic ring is 1. The Morgan fingerprint density at radius 2 is 2.11 bits per heavy atom. The van der Waals surface area contributed by atoms with Crippen molar-refractivity contribution in [3.8, 4) is 11.3 Å². The van der Waals surface area contributed by atoms with Crippen molar-refractivity contribution in [2.75, 3.05) is 11.1 Å². The molecule has 3 N–H and O–H groups in total. The monoisotopic (exact) mass is 360 g/mol. The van der Waals surface area contributed by atoms with Crippen molar-refractivity contribution in [1.82, 2.24) is 9.97 Å². The third-order valence-electron chi connectivity index (χ3n) is 5.89. The van der Waals surface area contributed by atoms with Crippen LogP contribution in [0.15, 0.2) is 42.6 Å². The highest BCUT2D eigenvalue weighted by Gasteiger charge is 2.52. The summed E-state index contributed by atoms with van der Waals surface area (Å²) in [5.74, 6) is 1.12. The second kappa shape index (κ2) is 6.34. The summed E-state index contributed by atoms with van der Waals surface area (Å²) in [5.41, 5.74) is 9.31. The lowest BCUT2D eigenvalue weighted by molar-refractivity contribution is -0.118. The number of amides is 1. The molecule has 1 fully saturated rings. The molecule has 0 saturated heterocycles. The fraction of sp³-hybridized carbons (Fsp3) is 0.318. The molecule has 5 nitrogen and oxygen atoms in total. The Labute approximate surface area is 159 Å². The van der Waals surface area contributed by atoms with Crippen molar-refractivity contribution in [2.24, 2.45) is 11.3 Å². The Bertz CT molecular complexity index is 1050. The van der Waals surface area contributed by atoms with Gasteiger partial charge >= 0.3 is 0 Å². The Morgan fingerprint density at radius 3 is 2.81 bits per heavy atom. The zero-order valence-corrected chi connectivity index (χ0v) is 15.9. The van der Waals surface area contributed by atoms with Crippen molar-refractivity contribution in [3.63, 3.8) is 0 Å². The van der Waals surface area contributed by atoms with E-state index in [9.17, 15) is 4.79 Å². The number of pyridine rings is 2. The van der Waals surface area contributed by atoms with Gasteiger partial charge in [0.1, 0.15) is 11.6 Å². The van der Waals surface area contributed by atoms with Crippen LogP contribution in [0.1, 0.15) is 32.3 Å². The Kier molecular flexibility index (Phi) is 4.10. The van der Waals surface area contributed by atoms with Crippen LogP contribution in [0.2, 0.25) is 0 Å². The summed E-state index contributed by atoms with van der Waals surface area (Å²) in [6, 6.07) is 11.9. The molecule has 0 spiro atoms. The minimum Gasteiger partial charge on any atom is -0.383 e. The van der Waals surface area contributed by atoms with E-state index in [4.69, 9.17) is 5.73 Å². The highest BCUT2D eigenvalue weighted by atomic mass is 16.2. The van der Waals surface area contributed by atoms with Crippen LogP contribution in [0.3, 0.4) is 0 Å². The number of hydrogen-bond acceptors (Lipinski definition) is 4. The van der Waals surface area contributed by atoms with E-state index in [1.165, 1.54) is 0 Å². The highest BCUT2D eigenvalue weighted by Crippen LogP contribution is 2.55. The quantitative estimate of drug-likeness (QED) is 0.714. The van der Waals surface area contributed by atoms with Gasteiger partial charge in [0.15, 0.2) is 0 Å². The number of nitrogens with one attached hydrogen (secondary N) is 1. The number of fused-ring (bicyclic) bond motifs is 1. The molecule has 1 saturated carbocycles. The third-order valence-corrected chi connectivity index (χ3v) is 5.89. The minimum absolute atomic E-state index is 0.0485. The predicted molar refractivity (Wildman–Crippen MR) is 109 cm³/mol. The molecule has 5 heteroatoms. The molecule has 138 valence electrons. The fourth-order valence-corrected chi connectivity index (χ4v) is 3.66. The molecule has 0 aliphatic heterocycles. The van der Waals surface area contributed by atoms with Crippen molar-refractivity contribution >= 4 is 28.3 Å². The van der Waals surface area contributed by atoms with E-state index in [0.29, 0.717) is 11.6 Å². The number of aromatic nitrogens is 2. The minimum atomic E-state index is 0.0485. The molecule has 1 amide bonds. The largest absolute Gasteiger partial charge is 0.383 e. The number of carbonyl (C=O) groups excluding carboxylic acids is 1. The number of nitrogens with zero attached hydrogens (tertiary/aromatic N) is 2. The molecule has 4 rings (SSSR count). The second-order valence-electron chi connectivity index (χ2n) is 7.75. The number of aryl methyl sites for hydroxylation is 1. The summed E-state index contributed by atoms with van der Waals surface area (Å²) in [5, 5.41) is 4.67. The predicted octanol–water partition coefficient (Wildman–Crippen LogP) is 4.56. The SMILES string of the molecule is CC[C@]1(C)C[C@H]1C(=O)Nc1cc2cc(-c3ccccc3C)nc(N)c2cn1. The van der Waals surface area contributed by atoms with E-state index in [2.05, 4.69) is 42.1 Å². The number of hydrogen-bond donors (Lipinski definition) is 2. The third kappa shape index (κ3) is 3.14. The lowest BCUT2D eigenvalue weighted by Gasteiger charge is -2.11. The van der Waals surface area contributed by atoms with E-state index in [1.807, 2.05) is 30.3 Å². The zero-order valence-electron chi connectivity index (χ0n) is 15.9. The van der Waals surface area contributed by atoms with E-state index in [1.54, 1.807) is 6.20 Å². The van der Waals surface area contributed by atoms with Crippen LogP contribution in [0.4, 0.5) is 11.6 Å². The molecule has 2 aromatic heterocycles. The maximum absolute atomic E-state index is 12.5.